The summed E-state index contributed by atoms with van der Waals surface area (Å²) in [7, 11) is 4.02. The van der Waals surface area contributed by atoms with Gasteiger partial charge in [0.05, 0.1) is 6.10 Å². The molecule has 0 aliphatic heterocycles. The molecule has 0 saturated heterocycles. The van der Waals surface area contributed by atoms with Gasteiger partial charge in [0.1, 0.15) is 0 Å². The lowest BCUT2D eigenvalue weighted by Crippen LogP contribution is -2.39. The summed E-state index contributed by atoms with van der Waals surface area (Å²) < 4.78 is 0. The Balaban J connectivity index is 4.19. The number of hydrogen-bond acceptors (Lipinski definition) is 3. The Morgan fingerprint density at radius 1 is 1.18 bits per heavy atom. The van der Waals surface area contributed by atoms with Gasteiger partial charge < -0.3 is 14.9 Å². The van der Waals surface area contributed by atoms with Gasteiger partial charge in [-0.1, -0.05) is 13.8 Å². The predicted octanol–water partition coefficient (Wildman–Crippen LogP) is 1.19. The minimum absolute atomic E-state index is 0.154. The molecule has 1 unspecified atom stereocenters. The molecule has 102 valence electrons. The first kappa shape index (κ1) is 16.4. The Labute approximate surface area is 106 Å². The zero-order valence-electron chi connectivity index (χ0n) is 11.9. The molecule has 4 heteroatoms. The zero-order chi connectivity index (χ0) is 13.4. The zero-order valence-corrected chi connectivity index (χ0v) is 11.9. The fraction of sp³-hybridized carbons (Fsp3) is 0.923. The molecular weight excluding hydrogens is 216 g/mol. The van der Waals surface area contributed by atoms with Crippen LogP contribution in [0, 0.1) is 5.92 Å². The molecule has 1 amide bonds. The lowest BCUT2D eigenvalue weighted by molar-refractivity contribution is -0.132. The van der Waals surface area contributed by atoms with Crippen molar-refractivity contribution in [1.29, 1.82) is 0 Å². The topological polar surface area (TPSA) is 43.8 Å². The highest BCUT2D eigenvalue weighted by molar-refractivity contribution is 5.76. The Hall–Kier alpha value is -0.610. The molecule has 0 aromatic heterocycles. The van der Waals surface area contributed by atoms with Gasteiger partial charge in [0.2, 0.25) is 5.91 Å². The number of amides is 1. The summed E-state index contributed by atoms with van der Waals surface area (Å²) in [5, 5.41) is 9.20. The van der Waals surface area contributed by atoms with Gasteiger partial charge >= 0.3 is 0 Å². The van der Waals surface area contributed by atoms with Crippen molar-refractivity contribution in [2.24, 2.45) is 5.92 Å². The number of hydrogen-bond donors (Lipinski definition) is 1. The van der Waals surface area contributed by atoms with Crippen LogP contribution in [0.3, 0.4) is 0 Å². The van der Waals surface area contributed by atoms with Crippen LogP contribution in [0.2, 0.25) is 0 Å². The molecule has 0 heterocycles. The van der Waals surface area contributed by atoms with Gasteiger partial charge in [-0.15, -0.1) is 0 Å². The van der Waals surface area contributed by atoms with Gasteiger partial charge in [-0.05, 0) is 33.4 Å². The molecule has 0 aliphatic carbocycles. The SMILES string of the molecule is CC(C)CN(CCN(C)C)C(=O)CCC(C)O. The maximum Gasteiger partial charge on any atom is 0.222 e. The van der Waals surface area contributed by atoms with Gasteiger partial charge in [-0.2, -0.15) is 0 Å². The maximum absolute atomic E-state index is 12.0. The summed E-state index contributed by atoms with van der Waals surface area (Å²) >= 11 is 0. The normalized spacial score (nSPS) is 13.2. The molecule has 0 aromatic carbocycles. The van der Waals surface area contributed by atoms with Crippen molar-refractivity contribution < 1.29 is 9.90 Å². The van der Waals surface area contributed by atoms with E-state index in [1.165, 1.54) is 0 Å². The summed E-state index contributed by atoms with van der Waals surface area (Å²) in [4.78, 5) is 16.0. The van der Waals surface area contributed by atoms with E-state index in [9.17, 15) is 9.90 Å². The second kappa shape index (κ2) is 8.48. The van der Waals surface area contributed by atoms with Crippen LogP contribution in [-0.4, -0.2) is 60.6 Å². The number of rotatable bonds is 8. The number of carbonyl (C=O) groups excluding carboxylic acids is 1. The standard InChI is InChI=1S/C13H28N2O2/c1-11(2)10-15(9-8-14(4)5)13(17)7-6-12(3)16/h11-12,16H,6-10H2,1-5H3. The summed E-state index contributed by atoms with van der Waals surface area (Å²) in [5.74, 6) is 0.633. The fourth-order valence-corrected chi connectivity index (χ4v) is 1.57. The molecular formula is C13H28N2O2. The molecule has 1 N–H and O–H groups in total. The van der Waals surface area contributed by atoms with Crippen molar-refractivity contribution >= 4 is 5.91 Å². The third-order valence-corrected chi connectivity index (χ3v) is 2.53. The third-order valence-electron chi connectivity index (χ3n) is 2.53. The molecule has 0 aliphatic rings. The molecule has 0 bridgehead atoms. The van der Waals surface area contributed by atoms with Crippen LogP contribution in [0.4, 0.5) is 0 Å². The second-order valence-electron chi connectivity index (χ2n) is 5.42. The first-order valence-corrected chi connectivity index (χ1v) is 6.43. The largest absolute Gasteiger partial charge is 0.393 e. The van der Waals surface area contributed by atoms with Gasteiger partial charge in [0.15, 0.2) is 0 Å². The van der Waals surface area contributed by atoms with E-state index in [1.807, 2.05) is 19.0 Å². The van der Waals surface area contributed by atoms with Crippen LogP contribution in [-0.2, 0) is 4.79 Å². The number of nitrogens with zero attached hydrogens (tertiary/aromatic N) is 2. The molecule has 0 rings (SSSR count). The number of aliphatic hydroxyl groups excluding tert-OH is 1. The highest BCUT2D eigenvalue weighted by atomic mass is 16.3. The number of aliphatic hydroxyl groups is 1. The first-order chi connectivity index (χ1) is 7.82. The van der Waals surface area contributed by atoms with E-state index in [0.717, 1.165) is 19.6 Å². The molecule has 4 nitrogen and oxygen atoms in total. The van der Waals surface area contributed by atoms with Crippen molar-refractivity contribution in [3.63, 3.8) is 0 Å². The monoisotopic (exact) mass is 244 g/mol. The molecule has 0 spiro atoms. The van der Waals surface area contributed by atoms with E-state index in [4.69, 9.17) is 0 Å². The van der Waals surface area contributed by atoms with Crippen LogP contribution < -0.4 is 0 Å². The molecule has 0 aromatic rings. The smallest absolute Gasteiger partial charge is 0.222 e. The van der Waals surface area contributed by atoms with Crippen molar-refractivity contribution in [1.82, 2.24) is 9.80 Å². The highest BCUT2D eigenvalue weighted by Gasteiger charge is 2.15. The van der Waals surface area contributed by atoms with E-state index in [0.29, 0.717) is 18.8 Å². The van der Waals surface area contributed by atoms with Crippen LogP contribution >= 0.6 is 0 Å². The van der Waals surface area contributed by atoms with Crippen molar-refractivity contribution in [2.45, 2.75) is 39.7 Å². The Bertz CT molecular complexity index is 215. The highest BCUT2D eigenvalue weighted by Crippen LogP contribution is 2.05. The number of carbonyl (C=O) groups is 1. The minimum atomic E-state index is -0.395. The van der Waals surface area contributed by atoms with E-state index in [1.54, 1.807) is 6.92 Å². The Morgan fingerprint density at radius 3 is 2.18 bits per heavy atom. The average molecular weight is 244 g/mol. The molecule has 0 saturated carbocycles. The quantitative estimate of drug-likeness (QED) is 0.697. The Kier molecular flexibility index (Phi) is 8.17. The van der Waals surface area contributed by atoms with Crippen molar-refractivity contribution in [3.8, 4) is 0 Å². The van der Waals surface area contributed by atoms with E-state index in [2.05, 4.69) is 18.7 Å². The van der Waals surface area contributed by atoms with Gasteiger partial charge in [-0.25, -0.2) is 0 Å². The summed E-state index contributed by atoms with van der Waals surface area (Å²) in [5.41, 5.74) is 0. The van der Waals surface area contributed by atoms with Crippen LogP contribution in [0.1, 0.15) is 33.6 Å². The predicted molar refractivity (Wildman–Crippen MR) is 70.9 cm³/mol. The van der Waals surface area contributed by atoms with Crippen LogP contribution in [0.5, 0.6) is 0 Å². The summed E-state index contributed by atoms with van der Waals surface area (Å²) in [6.45, 7) is 8.40. The van der Waals surface area contributed by atoms with Gasteiger partial charge in [0, 0.05) is 26.1 Å². The second-order valence-corrected chi connectivity index (χ2v) is 5.42. The molecule has 17 heavy (non-hydrogen) atoms. The van der Waals surface area contributed by atoms with Crippen LogP contribution in [0.25, 0.3) is 0 Å². The van der Waals surface area contributed by atoms with Crippen molar-refractivity contribution in [3.05, 3.63) is 0 Å². The van der Waals surface area contributed by atoms with E-state index in [-0.39, 0.29) is 5.91 Å². The average Bonchev–Trinajstić information content (AvgIpc) is 2.19. The lowest BCUT2D eigenvalue weighted by Gasteiger charge is -2.26. The number of likely N-dealkylation sites (N-methyl/N-ethyl adjacent to an activating group) is 1. The van der Waals surface area contributed by atoms with Crippen molar-refractivity contribution in [2.75, 3.05) is 33.7 Å². The van der Waals surface area contributed by atoms with Gasteiger partial charge in [-0.3, -0.25) is 4.79 Å². The first-order valence-electron chi connectivity index (χ1n) is 6.43. The molecule has 1 atom stereocenters. The fourth-order valence-electron chi connectivity index (χ4n) is 1.57. The summed E-state index contributed by atoms with van der Waals surface area (Å²) in [6, 6.07) is 0. The third kappa shape index (κ3) is 9.12. The molecule has 0 radical (unpaired) electrons. The lowest BCUT2D eigenvalue weighted by atomic mass is 10.1. The Morgan fingerprint density at radius 2 is 1.76 bits per heavy atom. The minimum Gasteiger partial charge on any atom is -0.393 e. The van der Waals surface area contributed by atoms with E-state index >= 15 is 0 Å². The van der Waals surface area contributed by atoms with Crippen LogP contribution in [0.15, 0.2) is 0 Å². The van der Waals surface area contributed by atoms with E-state index < -0.39 is 6.10 Å². The maximum atomic E-state index is 12.0. The summed E-state index contributed by atoms with van der Waals surface area (Å²) in [6.07, 6.45) is 0.599. The molecule has 0 fully saturated rings. The van der Waals surface area contributed by atoms with Gasteiger partial charge in [0.25, 0.3) is 0 Å².